The van der Waals surface area contributed by atoms with Crippen LogP contribution in [0, 0.1) is 6.92 Å². The van der Waals surface area contributed by atoms with Gasteiger partial charge in [0.1, 0.15) is 5.82 Å². The van der Waals surface area contributed by atoms with Crippen LogP contribution in [0.5, 0.6) is 0 Å². The van der Waals surface area contributed by atoms with E-state index in [-0.39, 0.29) is 0 Å². The van der Waals surface area contributed by atoms with Gasteiger partial charge in [-0.05, 0) is 25.1 Å². The first-order valence-corrected chi connectivity index (χ1v) is 4.11. The van der Waals surface area contributed by atoms with Crippen molar-refractivity contribution >= 4 is 22.6 Å². The highest BCUT2D eigenvalue weighted by Gasteiger charge is 2.00. The lowest BCUT2D eigenvalue weighted by Gasteiger charge is -1.87. The van der Waals surface area contributed by atoms with Gasteiger partial charge in [-0.15, -0.1) is 0 Å². The predicted molar refractivity (Wildman–Crippen MR) is 50.2 cm³/mol. The molecule has 2 nitrogen and oxygen atoms in total. The molecule has 0 saturated carbocycles. The van der Waals surface area contributed by atoms with E-state index in [0.29, 0.717) is 11.4 Å². The maximum Gasteiger partial charge on any atom is 0.107 e. The summed E-state index contributed by atoms with van der Waals surface area (Å²) < 4.78 is 0. The minimum absolute atomic E-state index is 0.673. The van der Waals surface area contributed by atoms with Gasteiger partial charge in [0, 0.05) is 11.4 Å². The molecular formula is C9H8ClN2. The number of benzene rings is 1. The second-order valence-electron chi connectivity index (χ2n) is 2.59. The SMILES string of the molecule is [CH2]Cc1nc2cc(Cl)ccc2[nH]1. The van der Waals surface area contributed by atoms with Gasteiger partial charge in [-0.1, -0.05) is 11.6 Å². The van der Waals surface area contributed by atoms with E-state index >= 15 is 0 Å². The fourth-order valence-corrected chi connectivity index (χ4v) is 1.32. The number of imidazole rings is 1. The molecule has 0 unspecified atom stereocenters. The number of H-pyrrole nitrogens is 1. The molecule has 2 aromatic rings. The standard InChI is InChI=1S/C9H8ClN2/c1-2-9-11-7-4-3-6(10)5-8(7)12-9/h3-5H,1-2H2,(H,11,12). The monoisotopic (exact) mass is 179 g/mol. The van der Waals surface area contributed by atoms with Crippen LogP contribution in [0.15, 0.2) is 18.2 Å². The fourth-order valence-electron chi connectivity index (χ4n) is 1.15. The molecule has 1 aromatic carbocycles. The third-order valence-corrected chi connectivity index (χ3v) is 1.97. The van der Waals surface area contributed by atoms with E-state index < -0.39 is 0 Å². The molecule has 0 amide bonds. The van der Waals surface area contributed by atoms with Crippen LogP contribution in [-0.4, -0.2) is 9.97 Å². The largest absolute Gasteiger partial charge is 0.342 e. The minimum Gasteiger partial charge on any atom is -0.342 e. The summed E-state index contributed by atoms with van der Waals surface area (Å²) in [5.41, 5.74) is 1.92. The van der Waals surface area contributed by atoms with Crippen LogP contribution in [0.4, 0.5) is 0 Å². The van der Waals surface area contributed by atoms with Crippen LogP contribution in [-0.2, 0) is 6.42 Å². The molecule has 61 valence electrons. The van der Waals surface area contributed by atoms with E-state index in [0.717, 1.165) is 16.9 Å². The Morgan fingerprint density at radius 2 is 2.33 bits per heavy atom. The van der Waals surface area contributed by atoms with Gasteiger partial charge in [0.05, 0.1) is 11.0 Å². The molecule has 0 atom stereocenters. The normalized spacial score (nSPS) is 10.8. The highest BCUT2D eigenvalue weighted by Crippen LogP contribution is 2.16. The van der Waals surface area contributed by atoms with Gasteiger partial charge in [0.15, 0.2) is 0 Å². The zero-order valence-corrected chi connectivity index (χ0v) is 7.23. The number of aromatic nitrogens is 2. The van der Waals surface area contributed by atoms with Crippen LogP contribution in [0.2, 0.25) is 5.02 Å². The first-order valence-electron chi connectivity index (χ1n) is 3.73. The first-order chi connectivity index (χ1) is 5.79. The Morgan fingerprint density at radius 3 is 3.08 bits per heavy atom. The van der Waals surface area contributed by atoms with E-state index in [1.54, 1.807) is 0 Å². The number of nitrogens with one attached hydrogen (secondary N) is 1. The molecule has 3 heteroatoms. The molecule has 0 bridgehead atoms. The zero-order valence-electron chi connectivity index (χ0n) is 6.47. The summed E-state index contributed by atoms with van der Waals surface area (Å²) in [5, 5.41) is 0.713. The summed E-state index contributed by atoms with van der Waals surface area (Å²) in [6.07, 6.45) is 0.673. The van der Waals surface area contributed by atoms with E-state index in [4.69, 9.17) is 11.6 Å². The Balaban J connectivity index is 2.67. The van der Waals surface area contributed by atoms with Crippen LogP contribution in [0.25, 0.3) is 11.0 Å². The quantitative estimate of drug-likeness (QED) is 0.716. The van der Waals surface area contributed by atoms with Gasteiger partial charge < -0.3 is 4.98 Å². The van der Waals surface area contributed by atoms with Crippen LogP contribution < -0.4 is 0 Å². The Morgan fingerprint density at radius 1 is 1.50 bits per heavy atom. The third kappa shape index (κ3) is 1.18. The highest BCUT2D eigenvalue weighted by molar-refractivity contribution is 6.31. The molecule has 0 fully saturated rings. The van der Waals surface area contributed by atoms with Crippen molar-refractivity contribution in [3.05, 3.63) is 36.0 Å². The lowest BCUT2D eigenvalue weighted by molar-refractivity contribution is 1.07. The molecule has 0 spiro atoms. The number of hydrogen-bond donors (Lipinski definition) is 1. The Bertz CT molecular complexity index is 406. The molecule has 0 saturated heterocycles. The minimum atomic E-state index is 0.673. The first kappa shape index (κ1) is 7.62. The Hall–Kier alpha value is -1.02. The van der Waals surface area contributed by atoms with Gasteiger partial charge in [0.25, 0.3) is 0 Å². The number of aromatic amines is 1. The Kier molecular flexibility index (Phi) is 1.77. The van der Waals surface area contributed by atoms with Crippen LogP contribution in [0.1, 0.15) is 5.82 Å². The van der Waals surface area contributed by atoms with Crippen molar-refractivity contribution in [2.45, 2.75) is 6.42 Å². The average molecular weight is 180 g/mol. The van der Waals surface area contributed by atoms with E-state index in [2.05, 4.69) is 16.9 Å². The molecule has 0 aliphatic rings. The maximum absolute atomic E-state index is 5.80. The predicted octanol–water partition coefficient (Wildman–Crippen LogP) is 2.59. The molecule has 1 N–H and O–H groups in total. The van der Waals surface area contributed by atoms with Gasteiger partial charge >= 0.3 is 0 Å². The van der Waals surface area contributed by atoms with Gasteiger partial charge in [0.2, 0.25) is 0 Å². The molecular weight excluding hydrogens is 172 g/mol. The molecule has 12 heavy (non-hydrogen) atoms. The summed E-state index contributed by atoms with van der Waals surface area (Å²) in [6.45, 7) is 3.75. The number of hydrogen-bond acceptors (Lipinski definition) is 1. The molecule has 1 radical (unpaired) electrons. The van der Waals surface area contributed by atoms with Gasteiger partial charge in [-0.2, -0.15) is 0 Å². The average Bonchev–Trinajstić information content (AvgIpc) is 2.46. The summed E-state index contributed by atoms with van der Waals surface area (Å²) in [4.78, 5) is 7.43. The van der Waals surface area contributed by atoms with Gasteiger partial charge in [-0.3, -0.25) is 0 Å². The van der Waals surface area contributed by atoms with E-state index in [9.17, 15) is 0 Å². The van der Waals surface area contributed by atoms with Crippen molar-refractivity contribution in [1.82, 2.24) is 9.97 Å². The van der Waals surface area contributed by atoms with Crippen LogP contribution >= 0.6 is 11.6 Å². The van der Waals surface area contributed by atoms with Crippen molar-refractivity contribution in [1.29, 1.82) is 0 Å². The summed E-state index contributed by atoms with van der Waals surface area (Å²) in [5.74, 6) is 0.896. The van der Waals surface area contributed by atoms with Crippen LogP contribution in [0.3, 0.4) is 0 Å². The maximum atomic E-state index is 5.80. The summed E-state index contributed by atoms with van der Waals surface area (Å²) in [7, 11) is 0. The molecule has 1 heterocycles. The molecule has 0 aliphatic carbocycles. The second kappa shape index (κ2) is 2.79. The number of rotatable bonds is 1. The number of fused-ring (bicyclic) bond motifs is 1. The van der Waals surface area contributed by atoms with E-state index in [1.165, 1.54) is 0 Å². The summed E-state index contributed by atoms with van der Waals surface area (Å²) in [6, 6.07) is 5.60. The van der Waals surface area contributed by atoms with E-state index in [1.807, 2.05) is 18.2 Å². The lowest BCUT2D eigenvalue weighted by Crippen LogP contribution is -1.79. The molecule has 1 aromatic heterocycles. The third-order valence-electron chi connectivity index (χ3n) is 1.73. The Labute approximate surface area is 75.6 Å². The van der Waals surface area contributed by atoms with Crippen molar-refractivity contribution in [3.8, 4) is 0 Å². The van der Waals surface area contributed by atoms with Crippen molar-refractivity contribution in [3.63, 3.8) is 0 Å². The number of halogens is 1. The lowest BCUT2D eigenvalue weighted by atomic mass is 10.3. The van der Waals surface area contributed by atoms with Crippen molar-refractivity contribution in [2.75, 3.05) is 0 Å². The molecule has 2 rings (SSSR count). The second-order valence-corrected chi connectivity index (χ2v) is 3.03. The topological polar surface area (TPSA) is 28.7 Å². The van der Waals surface area contributed by atoms with Crippen molar-refractivity contribution in [2.24, 2.45) is 0 Å². The molecule has 0 aliphatic heterocycles. The van der Waals surface area contributed by atoms with Gasteiger partial charge in [-0.25, -0.2) is 4.98 Å². The smallest absolute Gasteiger partial charge is 0.107 e. The zero-order chi connectivity index (χ0) is 8.55. The highest BCUT2D eigenvalue weighted by atomic mass is 35.5. The fraction of sp³-hybridized carbons (Fsp3) is 0.111. The number of nitrogens with zero attached hydrogens (tertiary/aromatic N) is 1. The van der Waals surface area contributed by atoms with Crippen molar-refractivity contribution < 1.29 is 0 Å². The summed E-state index contributed by atoms with van der Waals surface area (Å²) >= 11 is 5.80.